The number of anilines is 1. The Kier molecular flexibility index (Phi) is 4.08. The van der Waals surface area contributed by atoms with Gasteiger partial charge in [-0.1, -0.05) is 30.3 Å². The fraction of sp³-hybridized carbons (Fsp3) is 0.364. The van der Waals surface area contributed by atoms with Crippen LogP contribution in [0.25, 0.3) is 21.3 Å². The Hall–Kier alpha value is -2.80. The Morgan fingerprint density at radius 1 is 0.966 bits per heavy atom. The monoisotopic (exact) mass is 402 g/mol. The second kappa shape index (κ2) is 6.91. The van der Waals surface area contributed by atoms with E-state index < -0.39 is 0 Å². The largest absolute Gasteiger partial charge is 0.356 e. The van der Waals surface area contributed by atoms with Crippen LogP contribution in [0.4, 0.5) is 5.82 Å². The number of aromatic nitrogens is 5. The van der Waals surface area contributed by atoms with Gasteiger partial charge in [0.2, 0.25) is 0 Å². The molecule has 1 aliphatic carbocycles. The Balaban J connectivity index is 1.40. The third-order valence-corrected chi connectivity index (χ3v) is 6.91. The quantitative estimate of drug-likeness (QED) is 0.496. The summed E-state index contributed by atoms with van der Waals surface area (Å²) in [5, 5.41) is 7.80. The van der Waals surface area contributed by atoms with E-state index in [0.717, 1.165) is 42.4 Å². The first-order chi connectivity index (χ1) is 14.4. The topological polar surface area (TPSA) is 59.7 Å². The number of hydrogen-bond donors (Lipinski definition) is 0. The molecule has 1 aromatic carbocycles. The average Bonchev–Trinajstić information content (AvgIpc) is 3.31. The van der Waals surface area contributed by atoms with Gasteiger partial charge >= 0.3 is 0 Å². The number of piperidine rings is 1. The number of thiophene rings is 1. The molecule has 0 bridgehead atoms. The van der Waals surface area contributed by atoms with Gasteiger partial charge in [0.05, 0.1) is 11.4 Å². The van der Waals surface area contributed by atoms with Crippen molar-refractivity contribution in [3.63, 3.8) is 0 Å². The minimum Gasteiger partial charge on any atom is -0.356 e. The molecule has 0 spiro atoms. The van der Waals surface area contributed by atoms with Gasteiger partial charge in [0.15, 0.2) is 0 Å². The molecular formula is C22H22N6S. The van der Waals surface area contributed by atoms with Crippen molar-refractivity contribution in [1.82, 2.24) is 24.7 Å². The van der Waals surface area contributed by atoms with E-state index in [9.17, 15) is 0 Å². The standard InChI is InChI=1S/C22H22N6S/c1-2-4-15(5-3-1)18-12-29-22-19(18)21(25-20(26-22)16-6-7-16)27-10-8-17(9-11-27)28-14-23-13-24-28/h1-5,12-14,16-17H,6-11H2. The highest BCUT2D eigenvalue weighted by atomic mass is 32.1. The first-order valence-corrected chi connectivity index (χ1v) is 11.2. The molecule has 0 atom stereocenters. The Bertz CT molecular complexity index is 1130. The molecule has 6 rings (SSSR count). The van der Waals surface area contributed by atoms with Gasteiger partial charge in [0.1, 0.15) is 29.1 Å². The molecule has 0 unspecified atom stereocenters. The number of nitrogens with zero attached hydrogens (tertiary/aromatic N) is 6. The number of benzene rings is 1. The van der Waals surface area contributed by atoms with E-state index >= 15 is 0 Å². The lowest BCUT2D eigenvalue weighted by molar-refractivity contribution is 0.365. The van der Waals surface area contributed by atoms with E-state index in [1.165, 1.54) is 29.4 Å². The maximum absolute atomic E-state index is 5.12. The van der Waals surface area contributed by atoms with Gasteiger partial charge in [0, 0.05) is 30.0 Å². The minimum atomic E-state index is 0.421. The molecule has 4 aromatic rings. The molecule has 6 nitrogen and oxygen atoms in total. The summed E-state index contributed by atoms with van der Waals surface area (Å²) in [4.78, 5) is 17.8. The molecule has 0 amide bonds. The third-order valence-electron chi connectivity index (χ3n) is 6.03. The molecule has 1 saturated heterocycles. The van der Waals surface area contributed by atoms with E-state index in [-0.39, 0.29) is 0 Å². The Morgan fingerprint density at radius 2 is 1.79 bits per heavy atom. The number of hydrogen-bond acceptors (Lipinski definition) is 6. The lowest BCUT2D eigenvalue weighted by Crippen LogP contribution is -2.35. The summed E-state index contributed by atoms with van der Waals surface area (Å²) in [5.41, 5.74) is 2.49. The van der Waals surface area contributed by atoms with Crippen LogP contribution in [0.5, 0.6) is 0 Å². The van der Waals surface area contributed by atoms with Crippen LogP contribution in [0.1, 0.15) is 43.5 Å². The molecular weight excluding hydrogens is 380 g/mol. The molecule has 4 heterocycles. The highest BCUT2D eigenvalue weighted by molar-refractivity contribution is 7.17. The van der Waals surface area contributed by atoms with Gasteiger partial charge in [-0.05, 0) is 31.2 Å². The molecule has 2 aliphatic rings. The van der Waals surface area contributed by atoms with Crippen molar-refractivity contribution in [2.24, 2.45) is 0 Å². The summed E-state index contributed by atoms with van der Waals surface area (Å²) >= 11 is 1.74. The van der Waals surface area contributed by atoms with Crippen LogP contribution in [0.3, 0.4) is 0 Å². The molecule has 1 aliphatic heterocycles. The molecule has 1 saturated carbocycles. The van der Waals surface area contributed by atoms with Crippen LogP contribution >= 0.6 is 11.3 Å². The first-order valence-electron chi connectivity index (χ1n) is 10.3. The molecule has 3 aromatic heterocycles. The zero-order chi connectivity index (χ0) is 19.2. The number of rotatable bonds is 4. The van der Waals surface area contributed by atoms with Crippen molar-refractivity contribution in [3.8, 4) is 11.1 Å². The summed E-state index contributed by atoms with van der Waals surface area (Å²) in [6.45, 7) is 1.95. The lowest BCUT2D eigenvalue weighted by Gasteiger charge is -2.33. The minimum absolute atomic E-state index is 0.421. The zero-order valence-corrected chi connectivity index (χ0v) is 16.9. The highest BCUT2D eigenvalue weighted by Gasteiger charge is 2.31. The molecule has 0 N–H and O–H groups in total. The summed E-state index contributed by atoms with van der Waals surface area (Å²) in [6, 6.07) is 11.0. The molecule has 29 heavy (non-hydrogen) atoms. The fourth-order valence-electron chi connectivity index (χ4n) is 4.27. The maximum Gasteiger partial charge on any atom is 0.141 e. The van der Waals surface area contributed by atoms with Crippen molar-refractivity contribution in [2.45, 2.75) is 37.6 Å². The van der Waals surface area contributed by atoms with Gasteiger partial charge in [0.25, 0.3) is 0 Å². The van der Waals surface area contributed by atoms with E-state index in [4.69, 9.17) is 9.97 Å². The second-order valence-electron chi connectivity index (χ2n) is 7.97. The van der Waals surface area contributed by atoms with Crippen molar-refractivity contribution >= 4 is 27.4 Å². The van der Waals surface area contributed by atoms with Crippen LogP contribution in [0, 0.1) is 0 Å². The van der Waals surface area contributed by atoms with Gasteiger partial charge in [-0.3, -0.25) is 0 Å². The second-order valence-corrected chi connectivity index (χ2v) is 8.83. The average molecular weight is 403 g/mol. The SMILES string of the molecule is c1ccc(-c2csc3nc(C4CC4)nc(N4CCC(n5cncn5)CC4)c23)cc1. The zero-order valence-electron chi connectivity index (χ0n) is 16.1. The van der Waals surface area contributed by atoms with Crippen molar-refractivity contribution in [3.05, 3.63) is 54.2 Å². The normalized spacial score (nSPS) is 17.9. The van der Waals surface area contributed by atoms with Crippen LogP contribution < -0.4 is 4.90 Å². The van der Waals surface area contributed by atoms with Crippen molar-refractivity contribution in [1.29, 1.82) is 0 Å². The maximum atomic E-state index is 5.12. The fourth-order valence-corrected chi connectivity index (χ4v) is 5.22. The summed E-state index contributed by atoms with van der Waals surface area (Å²) in [6.07, 6.45) is 8.00. The third kappa shape index (κ3) is 3.09. The molecule has 7 heteroatoms. The highest BCUT2D eigenvalue weighted by Crippen LogP contribution is 2.44. The molecule has 2 fully saturated rings. The van der Waals surface area contributed by atoms with E-state index in [1.807, 2.05) is 11.0 Å². The van der Waals surface area contributed by atoms with Gasteiger partial charge in [-0.25, -0.2) is 19.6 Å². The van der Waals surface area contributed by atoms with Crippen LogP contribution in [-0.2, 0) is 0 Å². The smallest absolute Gasteiger partial charge is 0.141 e. The van der Waals surface area contributed by atoms with Crippen LogP contribution in [0.15, 0.2) is 48.4 Å². The molecule has 146 valence electrons. The van der Waals surface area contributed by atoms with E-state index in [1.54, 1.807) is 17.7 Å². The van der Waals surface area contributed by atoms with Gasteiger partial charge in [-0.2, -0.15) is 5.10 Å². The van der Waals surface area contributed by atoms with E-state index in [2.05, 4.69) is 50.7 Å². The summed E-state index contributed by atoms with van der Waals surface area (Å²) < 4.78 is 2.00. The Morgan fingerprint density at radius 3 is 2.52 bits per heavy atom. The Labute approximate surface area is 173 Å². The van der Waals surface area contributed by atoms with Crippen molar-refractivity contribution < 1.29 is 0 Å². The summed E-state index contributed by atoms with van der Waals surface area (Å²) in [7, 11) is 0. The molecule has 0 radical (unpaired) electrons. The predicted octanol–water partition coefficient (Wildman–Crippen LogP) is 4.67. The van der Waals surface area contributed by atoms with Gasteiger partial charge in [-0.15, -0.1) is 11.3 Å². The van der Waals surface area contributed by atoms with E-state index in [0.29, 0.717) is 12.0 Å². The van der Waals surface area contributed by atoms with Gasteiger partial charge < -0.3 is 4.90 Å². The van der Waals surface area contributed by atoms with Crippen LogP contribution in [0.2, 0.25) is 0 Å². The first kappa shape index (κ1) is 17.1. The van der Waals surface area contributed by atoms with Crippen LogP contribution in [-0.4, -0.2) is 37.8 Å². The summed E-state index contributed by atoms with van der Waals surface area (Å²) in [5.74, 6) is 2.70. The predicted molar refractivity (Wildman–Crippen MR) is 115 cm³/mol. The lowest BCUT2D eigenvalue weighted by atomic mass is 10.0. The number of fused-ring (bicyclic) bond motifs is 1. The van der Waals surface area contributed by atoms with Crippen molar-refractivity contribution in [2.75, 3.05) is 18.0 Å².